The average Bonchev–Trinajstić information content (AvgIpc) is 2.58. The molecule has 2 aromatic rings. The molecule has 0 bridgehead atoms. The van der Waals surface area contributed by atoms with E-state index in [1.54, 1.807) is 0 Å². The molecule has 1 aromatic carbocycles. The predicted molar refractivity (Wildman–Crippen MR) is 61.6 cm³/mol. The molecule has 0 aliphatic rings. The minimum Gasteiger partial charge on any atom is -0.272 e. The first-order chi connectivity index (χ1) is 8.32. The van der Waals surface area contributed by atoms with E-state index >= 15 is 0 Å². The van der Waals surface area contributed by atoms with E-state index in [4.69, 9.17) is 23.8 Å². The van der Waals surface area contributed by atoms with Crippen LogP contribution in [0.4, 0.5) is 13.2 Å². The highest BCUT2D eigenvalue weighted by Crippen LogP contribution is 2.36. The van der Waals surface area contributed by atoms with E-state index < -0.39 is 23.1 Å². The fraction of sp³-hybridized carbons (Fsp3) is 0.111. The van der Waals surface area contributed by atoms with Crippen LogP contribution in [0.1, 0.15) is 5.56 Å². The maximum absolute atomic E-state index is 12.9. The molecule has 9 heteroatoms. The summed E-state index contributed by atoms with van der Waals surface area (Å²) < 4.78 is 39.0. The maximum atomic E-state index is 12.9. The molecule has 2 rings (SSSR count). The zero-order valence-corrected chi connectivity index (χ0v) is 10.1. The van der Waals surface area contributed by atoms with Crippen molar-refractivity contribution in [3.05, 3.63) is 44.0 Å². The predicted octanol–water partition coefficient (Wildman–Crippen LogP) is 2.90. The summed E-state index contributed by atoms with van der Waals surface area (Å²) in [5, 5.41) is 4.13. The number of hydrogen-bond acceptors (Lipinski definition) is 2. The van der Waals surface area contributed by atoms with Gasteiger partial charge in [-0.1, -0.05) is 17.7 Å². The van der Waals surface area contributed by atoms with Crippen molar-refractivity contribution in [2.24, 2.45) is 0 Å². The highest BCUT2D eigenvalue weighted by Gasteiger charge is 2.35. The minimum atomic E-state index is -4.64. The van der Waals surface area contributed by atoms with Crippen molar-refractivity contribution in [2.45, 2.75) is 6.18 Å². The number of benzene rings is 1. The van der Waals surface area contributed by atoms with Gasteiger partial charge in [-0.25, -0.2) is 14.5 Å². The van der Waals surface area contributed by atoms with Gasteiger partial charge in [-0.2, -0.15) is 13.2 Å². The smallest absolute Gasteiger partial charge is 0.272 e. The number of alkyl halides is 3. The molecule has 96 valence electrons. The van der Waals surface area contributed by atoms with Crippen LogP contribution >= 0.6 is 23.8 Å². The van der Waals surface area contributed by atoms with Crippen molar-refractivity contribution in [1.82, 2.24) is 14.8 Å². The number of halogens is 4. The molecule has 0 radical (unpaired) electrons. The van der Waals surface area contributed by atoms with E-state index in [1.807, 2.05) is 0 Å². The Morgan fingerprint density at radius 2 is 1.94 bits per heavy atom. The van der Waals surface area contributed by atoms with Crippen LogP contribution < -0.4 is 5.69 Å². The molecule has 0 atom stereocenters. The van der Waals surface area contributed by atoms with Gasteiger partial charge in [-0.05, 0) is 24.4 Å². The first-order valence-corrected chi connectivity index (χ1v) is 5.37. The molecular formula is C9H5ClF3N3OS. The molecule has 1 heterocycles. The van der Waals surface area contributed by atoms with Crippen molar-refractivity contribution in [2.75, 3.05) is 0 Å². The zero-order chi connectivity index (χ0) is 13.5. The van der Waals surface area contributed by atoms with E-state index in [0.29, 0.717) is 4.57 Å². The molecule has 0 spiro atoms. The van der Waals surface area contributed by atoms with Crippen molar-refractivity contribution < 1.29 is 13.2 Å². The normalized spacial score (nSPS) is 11.8. The first-order valence-electron chi connectivity index (χ1n) is 4.58. The van der Waals surface area contributed by atoms with E-state index in [2.05, 4.69) is 10.2 Å². The number of para-hydroxylation sites is 1. The molecule has 0 saturated carbocycles. The lowest BCUT2D eigenvalue weighted by Gasteiger charge is -2.13. The Balaban J connectivity index is 2.88. The van der Waals surface area contributed by atoms with Gasteiger partial charge in [0.1, 0.15) is 0 Å². The van der Waals surface area contributed by atoms with Gasteiger partial charge in [0.2, 0.25) is 4.77 Å². The third kappa shape index (κ3) is 2.08. The van der Waals surface area contributed by atoms with Gasteiger partial charge in [0.05, 0.1) is 16.3 Å². The molecule has 2 N–H and O–H groups in total. The van der Waals surface area contributed by atoms with Crippen LogP contribution in [0.5, 0.6) is 0 Å². The second-order valence-corrected chi connectivity index (χ2v) is 4.12. The van der Waals surface area contributed by atoms with Gasteiger partial charge in [0, 0.05) is 0 Å². The number of rotatable bonds is 1. The Morgan fingerprint density at radius 3 is 2.44 bits per heavy atom. The SMILES string of the molecule is O=c1[nH][nH]c(=S)n1-c1c(Cl)cccc1C(F)(F)F. The lowest BCUT2D eigenvalue weighted by atomic mass is 10.1. The number of aromatic nitrogens is 3. The second-order valence-electron chi connectivity index (χ2n) is 3.33. The third-order valence-corrected chi connectivity index (χ3v) is 2.79. The summed E-state index contributed by atoms with van der Waals surface area (Å²) in [7, 11) is 0. The molecular weight excluding hydrogens is 291 g/mol. The summed E-state index contributed by atoms with van der Waals surface area (Å²) in [4.78, 5) is 11.5. The van der Waals surface area contributed by atoms with Crippen molar-refractivity contribution in [1.29, 1.82) is 0 Å². The fourth-order valence-corrected chi connectivity index (χ4v) is 1.97. The topological polar surface area (TPSA) is 53.6 Å². The summed E-state index contributed by atoms with van der Waals surface area (Å²) in [5.41, 5.74) is -2.34. The second kappa shape index (κ2) is 4.29. The Bertz CT molecular complexity index is 673. The standard InChI is InChI=1S/C9H5ClF3N3OS/c10-5-3-1-2-4(9(11,12)13)6(5)16-7(17)14-15-8(16)18/h1-3H,(H,14,17)(H,15,18). The zero-order valence-electron chi connectivity index (χ0n) is 8.51. The van der Waals surface area contributed by atoms with Crippen LogP contribution in [-0.4, -0.2) is 14.8 Å². The summed E-state index contributed by atoms with van der Waals surface area (Å²) in [6.07, 6.45) is -4.64. The van der Waals surface area contributed by atoms with Gasteiger partial charge < -0.3 is 0 Å². The molecule has 0 fully saturated rings. The highest BCUT2D eigenvalue weighted by atomic mass is 35.5. The summed E-state index contributed by atoms with van der Waals surface area (Å²) in [5.74, 6) is 0. The van der Waals surface area contributed by atoms with Crippen LogP contribution in [-0.2, 0) is 6.18 Å². The molecule has 0 amide bonds. The molecule has 4 nitrogen and oxygen atoms in total. The highest BCUT2D eigenvalue weighted by molar-refractivity contribution is 7.71. The van der Waals surface area contributed by atoms with Crippen molar-refractivity contribution in [3.8, 4) is 5.69 Å². The van der Waals surface area contributed by atoms with Crippen LogP contribution in [0, 0.1) is 4.77 Å². The van der Waals surface area contributed by atoms with E-state index in [9.17, 15) is 18.0 Å². The van der Waals surface area contributed by atoms with Crippen molar-refractivity contribution >= 4 is 23.8 Å². The summed E-state index contributed by atoms with van der Waals surface area (Å²) in [6.45, 7) is 0. The third-order valence-electron chi connectivity index (χ3n) is 2.20. The molecule has 18 heavy (non-hydrogen) atoms. The fourth-order valence-electron chi connectivity index (χ4n) is 1.49. The van der Waals surface area contributed by atoms with Crippen LogP contribution in [0.15, 0.2) is 23.0 Å². The van der Waals surface area contributed by atoms with Crippen LogP contribution in [0.3, 0.4) is 0 Å². The lowest BCUT2D eigenvalue weighted by molar-refractivity contribution is -0.137. The first kappa shape index (κ1) is 12.9. The number of hydrogen-bond donors (Lipinski definition) is 2. The van der Waals surface area contributed by atoms with Crippen LogP contribution in [0.25, 0.3) is 5.69 Å². The Morgan fingerprint density at radius 1 is 1.28 bits per heavy atom. The largest absolute Gasteiger partial charge is 0.418 e. The molecule has 0 aliphatic carbocycles. The molecule has 1 aromatic heterocycles. The van der Waals surface area contributed by atoms with Gasteiger partial charge in [0.15, 0.2) is 0 Å². The maximum Gasteiger partial charge on any atom is 0.418 e. The Hall–Kier alpha value is -1.54. The Labute approximate surface area is 108 Å². The quantitative estimate of drug-likeness (QED) is 0.795. The number of nitrogens with zero attached hydrogens (tertiary/aromatic N) is 1. The van der Waals surface area contributed by atoms with Gasteiger partial charge in [-0.3, -0.25) is 5.10 Å². The molecule has 0 aliphatic heterocycles. The van der Waals surface area contributed by atoms with Gasteiger partial charge in [-0.15, -0.1) is 0 Å². The Kier molecular flexibility index (Phi) is 3.07. The van der Waals surface area contributed by atoms with Gasteiger partial charge in [0.25, 0.3) is 0 Å². The van der Waals surface area contributed by atoms with E-state index in [1.165, 1.54) is 6.07 Å². The van der Waals surface area contributed by atoms with Gasteiger partial charge >= 0.3 is 11.9 Å². The van der Waals surface area contributed by atoms with E-state index in [-0.39, 0.29) is 9.79 Å². The molecule has 0 saturated heterocycles. The lowest BCUT2D eigenvalue weighted by Crippen LogP contribution is -2.20. The minimum absolute atomic E-state index is 0.196. The average molecular weight is 296 g/mol. The number of H-pyrrole nitrogens is 2. The van der Waals surface area contributed by atoms with E-state index in [0.717, 1.165) is 12.1 Å². The summed E-state index contributed by atoms with van der Waals surface area (Å²) >= 11 is 10.5. The molecule has 0 unspecified atom stereocenters. The summed E-state index contributed by atoms with van der Waals surface area (Å²) in [6, 6.07) is 3.23. The van der Waals surface area contributed by atoms with Crippen LogP contribution in [0.2, 0.25) is 5.02 Å². The number of aromatic amines is 2. The monoisotopic (exact) mass is 295 g/mol. The number of nitrogens with one attached hydrogen (secondary N) is 2. The van der Waals surface area contributed by atoms with Crippen molar-refractivity contribution in [3.63, 3.8) is 0 Å².